The molecule has 0 aliphatic heterocycles. The zero-order valence-electron chi connectivity index (χ0n) is 19.2. The van der Waals surface area contributed by atoms with Crippen LogP contribution in [0.3, 0.4) is 0 Å². The van der Waals surface area contributed by atoms with Gasteiger partial charge in [-0.3, -0.25) is 4.79 Å². The highest BCUT2D eigenvalue weighted by Crippen LogP contribution is 2.39. The molecule has 0 bridgehead atoms. The second kappa shape index (κ2) is 12.3. The molecule has 3 rings (SSSR count). The van der Waals surface area contributed by atoms with Gasteiger partial charge in [0.2, 0.25) is 0 Å². The average molecular weight is 425 g/mol. The number of carbonyl (C=O) groups excluding carboxylic acids is 2. The fourth-order valence-electron chi connectivity index (χ4n) is 5.59. The summed E-state index contributed by atoms with van der Waals surface area (Å²) >= 11 is 0. The molecule has 4 atom stereocenters. The first-order chi connectivity index (χ1) is 15.0. The highest BCUT2D eigenvalue weighted by molar-refractivity contribution is 5.87. The van der Waals surface area contributed by atoms with Crippen LogP contribution in [0.2, 0.25) is 0 Å². The minimum atomic E-state index is -0.413. The summed E-state index contributed by atoms with van der Waals surface area (Å²) in [5.41, 5.74) is 2.42. The first kappa shape index (κ1) is 23.9. The first-order valence-electron chi connectivity index (χ1n) is 12.5. The number of allylic oxidation sites excluding steroid dienone is 1. The second-order valence-electron chi connectivity index (χ2n) is 9.84. The van der Waals surface area contributed by atoms with Crippen LogP contribution < -0.4 is 0 Å². The van der Waals surface area contributed by atoms with E-state index in [9.17, 15) is 14.7 Å². The third-order valence-corrected chi connectivity index (χ3v) is 7.38. The normalized spacial score (nSPS) is 23.2. The monoisotopic (exact) mass is 424 g/mol. The molecular weight excluding hydrogens is 384 g/mol. The predicted molar refractivity (Wildman–Crippen MR) is 126 cm³/mol. The van der Waals surface area contributed by atoms with Crippen molar-refractivity contribution in [3.63, 3.8) is 0 Å². The summed E-state index contributed by atoms with van der Waals surface area (Å²) in [7, 11) is 0. The summed E-state index contributed by atoms with van der Waals surface area (Å²) < 4.78 is 0. The highest BCUT2D eigenvalue weighted by atomic mass is 16.3. The Morgan fingerprint density at radius 1 is 1.03 bits per heavy atom. The second-order valence-corrected chi connectivity index (χ2v) is 9.84. The van der Waals surface area contributed by atoms with Gasteiger partial charge in [0.15, 0.2) is 0 Å². The SMILES string of the molecule is CC(=O)CC(CCc1ccccc1)C(=O)CCCC(O)C1=CC2CCCCC2CCC1. The Morgan fingerprint density at radius 3 is 2.55 bits per heavy atom. The maximum absolute atomic E-state index is 12.9. The molecule has 2 aliphatic carbocycles. The van der Waals surface area contributed by atoms with Gasteiger partial charge in [-0.05, 0) is 87.7 Å². The maximum Gasteiger partial charge on any atom is 0.136 e. The average Bonchev–Trinajstić information content (AvgIpc) is 2.99. The van der Waals surface area contributed by atoms with E-state index in [1.807, 2.05) is 18.2 Å². The van der Waals surface area contributed by atoms with Crippen LogP contribution in [0.25, 0.3) is 0 Å². The molecule has 4 unspecified atom stereocenters. The molecule has 2 aliphatic rings. The molecule has 3 nitrogen and oxygen atoms in total. The van der Waals surface area contributed by atoms with Crippen LogP contribution in [-0.4, -0.2) is 22.8 Å². The number of carbonyl (C=O) groups is 2. The summed E-state index contributed by atoms with van der Waals surface area (Å²) in [5.74, 6) is 1.53. The summed E-state index contributed by atoms with van der Waals surface area (Å²) in [5, 5.41) is 10.8. The van der Waals surface area contributed by atoms with Gasteiger partial charge in [-0.1, -0.05) is 49.2 Å². The molecule has 0 spiro atoms. The summed E-state index contributed by atoms with van der Waals surface area (Å²) in [6, 6.07) is 10.2. The third kappa shape index (κ3) is 7.71. The van der Waals surface area contributed by atoms with E-state index in [0.29, 0.717) is 31.6 Å². The number of fused-ring (bicyclic) bond motifs is 1. The molecular formula is C28H40O3. The summed E-state index contributed by atoms with van der Waals surface area (Å²) in [4.78, 5) is 24.6. The van der Waals surface area contributed by atoms with Gasteiger partial charge in [0.25, 0.3) is 0 Å². The van der Waals surface area contributed by atoms with E-state index < -0.39 is 6.10 Å². The predicted octanol–water partition coefficient (Wildman–Crippen LogP) is 6.23. The number of aliphatic hydroxyl groups excluding tert-OH is 1. The quantitative estimate of drug-likeness (QED) is 0.428. The van der Waals surface area contributed by atoms with Crippen LogP contribution in [0.5, 0.6) is 0 Å². The van der Waals surface area contributed by atoms with E-state index in [4.69, 9.17) is 0 Å². The fourth-order valence-corrected chi connectivity index (χ4v) is 5.59. The van der Waals surface area contributed by atoms with Crippen LogP contribution in [-0.2, 0) is 16.0 Å². The van der Waals surface area contributed by atoms with Crippen molar-refractivity contribution in [1.29, 1.82) is 0 Å². The molecule has 170 valence electrons. The van der Waals surface area contributed by atoms with Gasteiger partial charge in [0.05, 0.1) is 6.10 Å². The minimum Gasteiger partial charge on any atom is -0.389 e. The number of rotatable bonds is 11. The standard InChI is InChI=1S/C28H40O3/c1-21(29)19-26(18-17-22-9-3-2-4-10-22)28(31)16-8-15-27(30)25-14-7-13-23-11-5-6-12-24(23)20-25/h2-4,9-10,20,23-24,26-27,30H,5-8,11-19H2,1H3. The molecule has 0 heterocycles. The molecule has 1 aromatic rings. The van der Waals surface area contributed by atoms with E-state index >= 15 is 0 Å². The lowest BCUT2D eigenvalue weighted by Crippen LogP contribution is -2.20. The molecule has 0 aromatic heterocycles. The lowest BCUT2D eigenvalue weighted by Gasteiger charge is -2.28. The van der Waals surface area contributed by atoms with E-state index in [-0.39, 0.29) is 17.5 Å². The summed E-state index contributed by atoms with van der Waals surface area (Å²) in [6.07, 6.45) is 14.5. The smallest absolute Gasteiger partial charge is 0.136 e. The molecule has 1 saturated carbocycles. The molecule has 0 radical (unpaired) electrons. The molecule has 0 saturated heterocycles. The van der Waals surface area contributed by atoms with E-state index in [0.717, 1.165) is 25.2 Å². The van der Waals surface area contributed by atoms with Crippen LogP contribution in [0.15, 0.2) is 42.0 Å². The molecule has 1 fully saturated rings. The number of ketones is 2. The number of aryl methyl sites for hydroxylation is 1. The zero-order chi connectivity index (χ0) is 22.1. The molecule has 1 N–H and O–H groups in total. The Balaban J connectivity index is 1.48. The van der Waals surface area contributed by atoms with Gasteiger partial charge in [-0.25, -0.2) is 0 Å². The van der Waals surface area contributed by atoms with Crippen molar-refractivity contribution < 1.29 is 14.7 Å². The topological polar surface area (TPSA) is 54.4 Å². The lowest BCUT2D eigenvalue weighted by atomic mass is 9.77. The van der Waals surface area contributed by atoms with E-state index in [1.165, 1.54) is 49.7 Å². The fraction of sp³-hybridized carbons (Fsp3) is 0.643. The van der Waals surface area contributed by atoms with E-state index in [2.05, 4.69) is 18.2 Å². The Hall–Kier alpha value is -1.74. The van der Waals surface area contributed by atoms with Crippen molar-refractivity contribution in [3.8, 4) is 0 Å². The third-order valence-electron chi connectivity index (χ3n) is 7.38. The summed E-state index contributed by atoms with van der Waals surface area (Å²) in [6.45, 7) is 1.57. The van der Waals surface area contributed by atoms with Crippen LogP contribution in [0.4, 0.5) is 0 Å². The number of benzene rings is 1. The maximum atomic E-state index is 12.9. The Morgan fingerprint density at radius 2 is 1.77 bits per heavy atom. The van der Waals surface area contributed by atoms with Gasteiger partial charge in [-0.15, -0.1) is 0 Å². The van der Waals surface area contributed by atoms with Crippen molar-refractivity contribution in [1.82, 2.24) is 0 Å². The highest BCUT2D eigenvalue weighted by Gasteiger charge is 2.27. The molecule has 31 heavy (non-hydrogen) atoms. The lowest BCUT2D eigenvalue weighted by molar-refractivity contribution is -0.127. The van der Waals surface area contributed by atoms with Crippen molar-refractivity contribution >= 4 is 11.6 Å². The van der Waals surface area contributed by atoms with Crippen molar-refractivity contribution in [2.75, 3.05) is 0 Å². The number of aliphatic hydroxyl groups is 1. The van der Waals surface area contributed by atoms with Gasteiger partial charge in [-0.2, -0.15) is 0 Å². The number of hydrogen-bond donors (Lipinski definition) is 1. The Kier molecular flexibility index (Phi) is 9.52. The number of Topliss-reactive ketones (excluding diaryl/α,β-unsaturated/α-hetero) is 2. The van der Waals surface area contributed by atoms with Crippen LogP contribution in [0.1, 0.15) is 89.5 Å². The Bertz CT molecular complexity index is 736. The van der Waals surface area contributed by atoms with E-state index in [1.54, 1.807) is 6.92 Å². The van der Waals surface area contributed by atoms with Crippen molar-refractivity contribution in [2.45, 2.75) is 96.5 Å². The van der Waals surface area contributed by atoms with Gasteiger partial charge in [0.1, 0.15) is 11.6 Å². The van der Waals surface area contributed by atoms with Gasteiger partial charge in [0, 0.05) is 18.8 Å². The molecule has 1 aromatic carbocycles. The molecule has 3 heteroatoms. The van der Waals surface area contributed by atoms with Crippen molar-refractivity contribution in [3.05, 3.63) is 47.5 Å². The van der Waals surface area contributed by atoms with Crippen molar-refractivity contribution in [2.24, 2.45) is 17.8 Å². The molecule has 0 amide bonds. The Labute approximate surface area is 188 Å². The zero-order valence-corrected chi connectivity index (χ0v) is 19.2. The number of hydrogen-bond acceptors (Lipinski definition) is 3. The van der Waals surface area contributed by atoms with Crippen LogP contribution in [0, 0.1) is 17.8 Å². The minimum absolute atomic E-state index is 0.0806. The van der Waals surface area contributed by atoms with Crippen LogP contribution >= 0.6 is 0 Å². The van der Waals surface area contributed by atoms with Gasteiger partial charge >= 0.3 is 0 Å². The first-order valence-corrected chi connectivity index (χ1v) is 12.5. The largest absolute Gasteiger partial charge is 0.389 e. The van der Waals surface area contributed by atoms with Gasteiger partial charge < -0.3 is 9.90 Å².